The lowest BCUT2D eigenvalue weighted by Crippen LogP contribution is -2.33. The second kappa shape index (κ2) is 6.80. The number of nitrogens with one attached hydrogen (secondary N) is 1. The fraction of sp³-hybridized carbons (Fsp3) is 0.667. The Morgan fingerprint density at radius 2 is 2.00 bits per heavy atom. The molecule has 2 fully saturated rings. The summed E-state index contributed by atoms with van der Waals surface area (Å²) in [6, 6.07) is 8.37. The predicted octanol–water partition coefficient (Wildman–Crippen LogP) is 4.13. The Morgan fingerprint density at radius 1 is 1.19 bits per heavy atom. The molecule has 3 nitrogen and oxygen atoms in total. The van der Waals surface area contributed by atoms with Crippen LogP contribution < -0.4 is 5.32 Å². The lowest BCUT2D eigenvalue weighted by molar-refractivity contribution is -0.0588. The molecule has 1 saturated carbocycles. The van der Waals surface area contributed by atoms with Crippen LogP contribution in [0.2, 0.25) is 0 Å². The molecule has 1 heterocycles. The van der Waals surface area contributed by atoms with E-state index in [1.165, 1.54) is 56.2 Å². The summed E-state index contributed by atoms with van der Waals surface area (Å²) in [5.41, 5.74) is 2.61. The van der Waals surface area contributed by atoms with Gasteiger partial charge < -0.3 is 14.8 Å². The summed E-state index contributed by atoms with van der Waals surface area (Å²) >= 11 is 0. The van der Waals surface area contributed by atoms with Gasteiger partial charge in [-0.2, -0.15) is 0 Å². The Labute approximate surface area is 128 Å². The molecule has 3 rings (SSSR count). The first-order valence-corrected chi connectivity index (χ1v) is 8.30. The second-order valence-corrected chi connectivity index (χ2v) is 6.49. The molecule has 1 aliphatic carbocycles. The largest absolute Gasteiger partial charge is 0.382 e. The summed E-state index contributed by atoms with van der Waals surface area (Å²) in [6.07, 6.45) is 9.41. The third-order valence-electron chi connectivity index (χ3n) is 4.94. The van der Waals surface area contributed by atoms with Gasteiger partial charge in [0.25, 0.3) is 0 Å². The van der Waals surface area contributed by atoms with Crippen molar-refractivity contribution < 1.29 is 9.47 Å². The first-order chi connectivity index (χ1) is 10.3. The van der Waals surface area contributed by atoms with Crippen molar-refractivity contribution in [3.05, 3.63) is 29.8 Å². The van der Waals surface area contributed by atoms with Crippen LogP contribution in [0.1, 0.15) is 50.5 Å². The molecule has 3 heteroatoms. The fourth-order valence-electron chi connectivity index (χ4n) is 3.80. The third-order valence-corrected chi connectivity index (χ3v) is 4.94. The van der Waals surface area contributed by atoms with Gasteiger partial charge in [-0.3, -0.25) is 0 Å². The van der Waals surface area contributed by atoms with Crippen molar-refractivity contribution in [1.29, 1.82) is 0 Å². The van der Waals surface area contributed by atoms with E-state index in [0.717, 1.165) is 6.54 Å². The van der Waals surface area contributed by atoms with Gasteiger partial charge in [-0.15, -0.1) is 0 Å². The number of hydrogen-bond donors (Lipinski definition) is 1. The molecule has 0 radical (unpaired) electrons. The molecule has 1 atom stereocenters. The van der Waals surface area contributed by atoms with E-state index < -0.39 is 0 Å². The Balaban J connectivity index is 1.54. The Bertz CT molecular complexity index is 454. The molecule has 1 unspecified atom stereocenters. The van der Waals surface area contributed by atoms with E-state index >= 15 is 0 Å². The summed E-state index contributed by atoms with van der Waals surface area (Å²) in [4.78, 5) is 0. The molecule has 0 amide bonds. The maximum absolute atomic E-state index is 6.42. The average Bonchev–Trinajstić information content (AvgIpc) is 2.90. The van der Waals surface area contributed by atoms with E-state index in [-0.39, 0.29) is 5.60 Å². The highest BCUT2D eigenvalue weighted by Crippen LogP contribution is 2.41. The summed E-state index contributed by atoms with van der Waals surface area (Å²) in [7, 11) is 1.74. The van der Waals surface area contributed by atoms with Gasteiger partial charge in [0.1, 0.15) is 0 Å². The molecule has 1 aromatic rings. The molecule has 1 aliphatic heterocycles. The highest BCUT2D eigenvalue weighted by atomic mass is 16.5. The number of para-hydroxylation sites is 1. The summed E-state index contributed by atoms with van der Waals surface area (Å²) in [5, 5.41) is 3.56. The fourth-order valence-corrected chi connectivity index (χ4v) is 3.80. The summed E-state index contributed by atoms with van der Waals surface area (Å²) in [6.45, 7) is 1.56. The van der Waals surface area contributed by atoms with Crippen molar-refractivity contribution in [3.8, 4) is 0 Å². The van der Waals surface area contributed by atoms with Gasteiger partial charge >= 0.3 is 0 Å². The van der Waals surface area contributed by atoms with Crippen LogP contribution in [0.25, 0.3) is 0 Å². The third kappa shape index (κ3) is 3.58. The smallest absolute Gasteiger partial charge is 0.0756 e. The Kier molecular flexibility index (Phi) is 4.81. The average molecular weight is 289 g/mol. The molecule has 1 spiro atoms. The summed E-state index contributed by atoms with van der Waals surface area (Å²) < 4.78 is 11.7. The van der Waals surface area contributed by atoms with Crippen molar-refractivity contribution in [2.45, 2.75) is 63.3 Å². The van der Waals surface area contributed by atoms with Crippen LogP contribution in [0.5, 0.6) is 0 Å². The topological polar surface area (TPSA) is 30.5 Å². The zero-order chi connectivity index (χ0) is 14.5. The maximum atomic E-state index is 6.42. The Hall–Kier alpha value is -1.06. The first kappa shape index (κ1) is 14.9. The van der Waals surface area contributed by atoms with E-state index in [1.807, 2.05) is 0 Å². The molecule has 0 aromatic heterocycles. The minimum absolute atomic E-state index is 0.219. The van der Waals surface area contributed by atoms with E-state index in [9.17, 15) is 0 Å². The molecular formula is C18H27NO2. The zero-order valence-electron chi connectivity index (χ0n) is 13.1. The Morgan fingerprint density at radius 3 is 2.81 bits per heavy atom. The lowest BCUT2D eigenvalue weighted by atomic mass is 9.83. The quantitative estimate of drug-likeness (QED) is 0.884. The van der Waals surface area contributed by atoms with Crippen molar-refractivity contribution in [2.24, 2.45) is 0 Å². The molecule has 2 aliphatic rings. The minimum Gasteiger partial charge on any atom is -0.382 e. The highest BCUT2D eigenvalue weighted by molar-refractivity contribution is 5.50. The van der Waals surface area contributed by atoms with E-state index in [4.69, 9.17) is 9.47 Å². The zero-order valence-corrected chi connectivity index (χ0v) is 13.1. The van der Waals surface area contributed by atoms with Crippen molar-refractivity contribution in [2.75, 3.05) is 19.0 Å². The van der Waals surface area contributed by atoms with Gasteiger partial charge in [-0.25, -0.2) is 0 Å². The van der Waals surface area contributed by atoms with Gasteiger partial charge in [0.15, 0.2) is 0 Å². The number of hydrogen-bond acceptors (Lipinski definition) is 3. The SMILES string of the molecule is COCc1ccccc1NCC1CCC2(CCCCC2)O1. The van der Waals surface area contributed by atoms with Gasteiger partial charge in [0.2, 0.25) is 0 Å². The maximum Gasteiger partial charge on any atom is 0.0756 e. The minimum atomic E-state index is 0.219. The van der Waals surface area contributed by atoms with Gasteiger partial charge in [-0.05, 0) is 31.7 Å². The van der Waals surface area contributed by atoms with E-state index in [0.29, 0.717) is 12.7 Å². The van der Waals surface area contributed by atoms with Crippen LogP contribution in [0, 0.1) is 0 Å². The number of ether oxygens (including phenoxy) is 2. The molecule has 1 saturated heterocycles. The number of anilines is 1. The van der Waals surface area contributed by atoms with Gasteiger partial charge in [-0.1, -0.05) is 37.5 Å². The number of benzene rings is 1. The molecule has 116 valence electrons. The summed E-state index contributed by atoms with van der Waals surface area (Å²) in [5.74, 6) is 0. The monoisotopic (exact) mass is 289 g/mol. The van der Waals surface area contributed by atoms with Crippen LogP contribution in [-0.2, 0) is 16.1 Å². The molecule has 0 bridgehead atoms. The second-order valence-electron chi connectivity index (χ2n) is 6.49. The van der Waals surface area contributed by atoms with Crippen molar-refractivity contribution in [1.82, 2.24) is 0 Å². The first-order valence-electron chi connectivity index (χ1n) is 8.30. The van der Waals surface area contributed by atoms with Gasteiger partial charge in [0.05, 0.1) is 18.3 Å². The normalized spacial score (nSPS) is 24.3. The number of rotatable bonds is 5. The van der Waals surface area contributed by atoms with Crippen LogP contribution in [0.4, 0.5) is 5.69 Å². The molecule has 1 aromatic carbocycles. The van der Waals surface area contributed by atoms with Crippen LogP contribution >= 0.6 is 0 Å². The standard InChI is InChI=1S/C18H27NO2/c1-20-14-15-7-3-4-8-17(15)19-13-16-9-12-18(21-16)10-5-2-6-11-18/h3-4,7-8,16,19H,2,5-6,9-14H2,1H3. The highest BCUT2D eigenvalue weighted by Gasteiger charge is 2.40. The molecule has 1 N–H and O–H groups in total. The van der Waals surface area contributed by atoms with Crippen molar-refractivity contribution >= 4 is 5.69 Å². The van der Waals surface area contributed by atoms with Crippen LogP contribution in [-0.4, -0.2) is 25.4 Å². The lowest BCUT2D eigenvalue weighted by Gasteiger charge is -2.33. The van der Waals surface area contributed by atoms with E-state index in [1.54, 1.807) is 7.11 Å². The number of methoxy groups -OCH3 is 1. The van der Waals surface area contributed by atoms with Crippen LogP contribution in [0.15, 0.2) is 24.3 Å². The van der Waals surface area contributed by atoms with Gasteiger partial charge in [0, 0.05) is 24.9 Å². The van der Waals surface area contributed by atoms with E-state index in [2.05, 4.69) is 29.6 Å². The predicted molar refractivity (Wildman–Crippen MR) is 85.6 cm³/mol. The van der Waals surface area contributed by atoms with Crippen molar-refractivity contribution in [3.63, 3.8) is 0 Å². The molecular weight excluding hydrogens is 262 g/mol. The van der Waals surface area contributed by atoms with Crippen LogP contribution in [0.3, 0.4) is 0 Å². The molecule has 21 heavy (non-hydrogen) atoms.